The molecule has 0 aliphatic carbocycles. The Bertz CT molecular complexity index is 269. The minimum absolute atomic E-state index is 0.741. The van der Waals surface area contributed by atoms with E-state index in [9.17, 15) is 0 Å². The highest BCUT2D eigenvalue weighted by atomic mass is 14.2. The third kappa shape index (κ3) is 3.70. The second-order valence-electron chi connectivity index (χ2n) is 4.90. The number of hydrogen-bond donors (Lipinski definition) is 0. The Morgan fingerprint density at radius 3 is 2.13 bits per heavy atom. The van der Waals surface area contributed by atoms with E-state index in [0.717, 1.165) is 11.8 Å². The lowest BCUT2D eigenvalue weighted by Gasteiger charge is -2.21. The van der Waals surface area contributed by atoms with Gasteiger partial charge in [0, 0.05) is 0 Å². The molecule has 1 atom stereocenters. The monoisotopic (exact) mass is 204 g/mol. The van der Waals surface area contributed by atoms with Crippen LogP contribution in [0, 0.1) is 12.8 Å². The average molecular weight is 204 g/mol. The lowest BCUT2D eigenvalue weighted by Crippen LogP contribution is -2.06. The second kappa shape index (κ2) is 5.95. The van der Waals surface area contributed by atoms with Crippen molar-refractivity contribution in [1.29, 1.82) is 0 Å². The fourth-order valence-electron chi connectivity index (χ4n) is 2.12. The van der Waals surface area contributed by atoms with Crippen molar-refractivity contribution in [3.63, 3.8) is 0 Å². The molecule has 0 nitrogen and oxygen atoms in total. The van der Waals surface area contributed by atoms with Gasteiger partial charge in [-0.1, -0.05) is 63.4 Å². The van der Waals surface area contributed by atoms with Crippen LogP contribution in [-0.2, 0) is 0 Å². The standard InChI is InChI=1S/C15H24/c1-5-6-7-15(12(2)3)14-10-8-13(4)9-11-14/h8-12,15H,5-7H2,1-4H3. The van der Waals surface area contributed by atoms with E-state index in [1.165, 1.54) is 30.4 Å². The zero-order valence-electron chi connectivity index (χ0n) is 10.6. The molecule has 15 heavy (non-hydrogen) atoms. The van der Waals surface area contributed by atoms with Crippen LogP contribution in [-0.4, -0.2) is 0 Å². The molecule has 0 aliphatic rings. The maximum atomic E-state index is 2.33. The molecule has 1 unspecified atom stereocenters. The van der Waals surface area contributed by atoms with E-state index in [1.54, 1.807) is 0 Å². The molecule has 1 rings (SSSR count). The van der Waals surface area contributed by atoms with Crippen molar-refractivity contribution in [3.05, 3.63) is 35.4 Å². The molecular weight excluding hydrogens is 180 g/mol. The van der Waals surface area contributed by atoms with Crippen LogP contribution >= 0.6 is 0 Å². The molecule has 0 spiro atoms. The molecule has 0 fully saturated rings. The molecule has 0 heteroatoms. The molecule has 1 aromatic rings. The van der Waals surface area contributed by atoms with Crippen molar-refractivity contribution in [2.75, 3.05) is 0 Å². The van der Waals surface area contributed by atoms with Gasteiger partial charge in [0.1, 0.15) is 0 Å². The predicted octanol–water partition coefficient (Wildman–Crippen LogP) is 4.92. The maximum Gasteiger partial charge on any atom is -0.0139 e. The average Bonchev–Trinajstić information content (AvgIpc) is 2.21. The van der Waals surface area contributed by atoms with Gasteiger partial charge in [0.15, 0.2) is 0 Å². The zero-order valence-corrected chi connectivity index (χ0v) is 10.6. The highest BCUT2D eigenvalue weighted by Gasteiger charge is 2.14. The smallest absolute Gasteiger partial charge is 0.0139 e. The molecule has 0 amide bonds. The Balaban J connectivity index is 2.74. The Labute approximate surface area is 94.7 Å². The van der Waals surface area contributed by atoms with Crippen molar-refractivity contribution in [1.82, 2.24) is 0 Å². The van der Waals surface area contributed by atoms with E-state index in [-0.39, 0.29) is 0 Å². The molecular formula is C15H24. The minimum atomic E-state index is 0.741. The quantitative estimate of drug-likeness (QED) is 0.638. The number of aryl methyl sites for hydroxylation is 1. The number of hydrogen-bond acceptors (Lipinski definition) is 0. The summed E-state index contributed by atoms with van der Waals surface area (Å²) in [6, 6.07) is 9.07. The van der Waals surface area contributed by atoms with Gasteiger partial charge in [-0.05, 0) is 30.7 Å². The van der Waals surface area contributed by atoms with Gasteiger partial charge in [0.05, 0.1) is 0 Å². The summed E-state index contributed by atoms with van der Waals surface area (Å²) in [7, 11) is 0. The molecule has 0 saturated carbocycles. The first-order chi connectivity index (χ1) is 7.15. The fraction of sp³-hybridized carbons (Fsp3) is 0.600. The summed E-state index contributed by atoms with van der Waals surface area (Å²) < 4.78 is 0. The van der Waals surface area contributed by atoms with Crippen molar-refractivity contribution >= 4 is 0 Å². The first-order valence-corrected chi connectivity index (χ1v) is 6.21. The van der Waals surface area contributed by atoms with E-state index < -0.39 is 0 Å². The largest absolute Gasteiger partial charge is 0.0654 e. The molecule has 0 aliphatic heterocycles. The first-order valence-electron chi connectivity index (χ1n) is 6.21. The highest BCUT2D eigenvalue weighted by Crippen LogP contribution is 2.29. The third-order valence-electron chi connectivity index (χ3n) is 3.18. The van der Waals surface area contributed by atoms with Crippen molar-refractivity contribution < 1.29 is 0 Å². The molecule has 0 saturated heterocycles. The molecule has 0 aromatic heterocycles. The van der Waals surface area contributed by atoms with E-state index >= 15 is 0 Å². The van der Waals surface area contributed by atoms with Crippen LogP contribution in [0.15, 0.2) is 24.3 Å². The van der Waals surface area contributed by atoms with E-state index in [2.05, 4.69) is 52.0 Å². The van der Waals surface area contributed by atoms with Crippen LogP contribution < -0.4 is 0 Å². The van der Waals surface area contributed by atoms with Crippen molar-refractivity contribution in [2.45, 2.75) is 52.9 Å². The summed E-state index contributed by atoms with van der Waals surface area (Å²) in [5.74, 6) is 1.49. The molecule has 0 N–H and O–H groups in total. The zero-order chi connectivity index (χ0) is 11.3. The van der Waals surface area contributed by atoms with E-state index in [0.29, 0.717) is 0 Å². The number of benzene rings is 1. The summed E-state index contributed by atoms with van der Waals surface area (Å²) in [6.07, 6.45) is 3.98. The van der Waals surface area contributed by atoms with Gasteiger partial charge < -0.3 is 0 Å². The Morgan fingerprint density at radius 2 is 1.67 bits per heavy atom. The lowest BCUT2D eigenvalue weighted by molar-refractivity contribution is 0.453. The molecule has 0 radical (unpaired) electrons. The van der Waals surface area contributed by atoms with Crippen molar-refractivity contribution in [2.24, 2.45) is 5.92 Å². The maximum absolute atomic E-state index is 2.33. The first kappa shape index (κ1) is 12.3. The molecule has 1 aromatic carbocycles. The number of rotatable bonds is 5. The van der Waals surface area contributed by atoms with Gasteiger partial charge in [0.2, 0.25) is 0 Å². The predicted molar refractivity (Wildman–Crippen MR) is 68.3 cm³/mol. The van der Waals surface area contributed by atoms with Crippen LogP contribution in [0.3, 0.4) is 0 Å². The van der Waals surface area contributed by atoms with Crippen LogP contribution in [0.1, 0.15) is 57.1 Å². The Hall–Kier alpha value is -0.780. The van der Waals surface area contributed by atoms with E-state index in [1.807, 2.05) is 0 Å². The van der Waals surface area contributed by atoms with Gasteiger partial charge in [-0.25, -0.2) is 0 Å². The van der Waals surface area contributed by atoms with Gasteiger partial charge in [-0.2, -0.15) is 0 Å². The molecule has 84 valence electrons. The van der Waals surface area contributed by atoms with Gasteiger partial charge in [-0.15, -0.1) is 0 Å². The topological polar surface area (TPSA) is 0 Å². The van der Waals surface area contributed by atoms with Gasteiger partial charge in [-0.3, -0.25) is 0 Å². The second-order valence-corrected chi connectivity index (χ2v) is 4.90. The normalized spacial score (nSPS) is 13.1. The van der Waals surface area contributed by atoms with Gasteiger partial charge in [0.25, 0.3) is 0 Å². The minimum Gasteiger partial charge on any atom is -0.0654 e. The van der Waals surface area contributed by atoms with Crippen LogP contribution in [0.2, 0.25) is 0 Å². The fourth-order valence-corrected chi connectivity index (χ4v) is 2.12. The summed E-state index contributed by atoms with van der Waals surface area (Å²) >= 11 is 0. The summed E-state index contributed by atoms with van der Waals surface area (Å²) in [5, 5.41) is 0. The Morgan fingerprint density at radius 1 is 1.07 bits per heavy atom. The Kier molecular flexibility index (Phi) is 4.87. The van der Waals surface area contributed by atoms with Crippen molar-refractivity contribution in [3.8, 4) is 0 Å². The lowest BCUT2D eigenvalue weighted by atomic mass is 9.84. The number of unbranched alkanes of at least 4 members (excludes halogenated alkanes) is 1. The van der Waals surface area contributed by atoms with Gasteiger partial charge >= 0.3 is 0 Å². The molecule has 0 heterocycles. The molecule has 0 bridgehead atoms. The SMILES string of the molecule is CCCCC(c1ccc(C)cc1)C(C)C. The van der Waals surface area contributed by atoms with Crippen LogP contribution in [0.25, 0.3) is 0 Å². The highest BCUT2D eigenvalue weighted by molar-refractivity contribution is 5.24. The summed E-state index contributed by atoms with van der Waals surface area (Å²) in [5.41, 5.74) is 2.88. The summed E-state index contributed by atoms with van der Waals surface area (Å²) in [4.78, 5) is 0. The van der Waals surface area contributed by atoms with E-state index in [4.69, 9.17) is 0 Å². The van der Waals surface area contributed by atoms with Crippen LogP contribution in [0.5, 0.6) is 0 Å². The van der Waals surface area contributed by atoms with Crippen LogP contribution in [0.4, 0.5) is 0 Å². The third-order valence-corrected chi connectivity index (χ3v) is 3.18. The summed E-state index contributed by atoms with van der Waals surface area (Å²) in [6.45, 7) is 9.09.